The lowest BCUT2D eigenvalue weighted by Gasteiger charge is -2.52. The van der Waals surface area contributed by atoms with E-state index in [1.165, 1.54) is 6.42 Å². The average molecular weight is 422 g/mol. The van der Waals surface area contributed by atoms with E-state index in [0.717, 1.165) is 68.9 Å². The van der Waals surface area contributed by atoms with Crippen molar-refractivity contribution in [2.75, 3.05) is 25.5 Å². The van der Waals surface area contributed by atoms with Crippen molar-refractivity contribution in [3.8, 4) is 5.75 Å². The smallest absolute Gasteiger partial charge is 0.250 e. The van der Waals surface area contributed by atoms with Crippen molar-refractivity contribution in [1.29, 1.82) is 0 Å². The molecular weight excluding hydrogens is 390 g/mol. The van der Waals surface area contributed by atoms with Gasteiger partial charge < -0.3 is 14.6 Å². The van der Waals surface area contributed by atoms with E-state index < -0.39 is 5.54 Å². The van der Waals surface area contributed by atoms with Crippen LogP contribution in [0.3, 0.4) is 0 Å². The highest BCUT2D eigenvalue weighted by Crippen LogP contribution is 2.42. The first-order valence-electron chi connectivity index (χ1n) is 11.5. The van der Waals surface area contributed by atoms with Gasteiger partial charge in [0.25, 0.3) is 5.56 Å². The van der Waals surface area contributed by atoms with Crippen LogP contribution in [0.5, 0.6) is 5.75 Å². The Balaban J connectivity index is 1.42. The second kappa shape index (κ2) is 8.15. The molecule has 0 unspecified atom stereocenters. The third-order valence-electron chi connectivity index (χ3n) is 7.54. The van der Waals surface area contributed by atoms with E-state index >= 15 is 0 Å². The molecule has 1 saturated carbocycles. The van der Waals surface area contributed by atoms with Gasteiger partial charge in [-0.25, -0.2) is 0 Å². The zero-order valence-corrected chi connectivity index (χ0v) is 18.2. The van der Waals surface area contributed by atoms with Gasteiger partial charge in [0.2, 0.25) is 5.91 Å². The second-order valence-corrected chi connectivity index (χ2v) is 9.38. The molecule has 0 radical (unpaired) electrons. The summed E-state index contributed by atoms with van der Waals surface area (Å²) < 4.78 is 7.20. The van der Waals surface area contributed by atoms with Crippen molar-refractivity contribution < 1.29 is 9.53 Å². The lowest BCUT2D eigenvalue weighted by atomic mass is 9.75. The van der Waals surface area contributed by atoms with Gasteiger partial charge in [-0.3, -0.25) is 14.5 Å². The van der Waals surface area contributed by atoms with E-state index in [0.29, 0.717) is 11.8 Å². The number of hydrogen-bond acceptors (Lipinski definition) is 4. The molecule has 2 aliphatic heterocycles. The Hall–Kier alpha value is -2.60. The quantitative estimate of drug-likeness (QED) is 0.819. The fourth-order valence-electron chi connectivity index (χ4n) is 5.99. The fraction of sp³-hybridized carbons (Fsp3) is 0.520. The number of anilines is 1. The SMILES string of the molecule is COc1ccc(NC(=O)C2(N3C[C@H]4C[C@H](C3)c3cccc(=O)n3C4)CCCCC2)cc1. The molecule has 2 fully saturated rings. The maximum Gasteiger partial charge on any atom is 0.250 e. The van der Waals surface area contributed by atoms with Crippen molar-refractivity contribution in [3.05, 3.63) is 58.5 Å². The summed E-state index contributed by atoms with van der Waals surface area (Å²) in [5.74, 6) is 1.62. The lowest BCUT2D eigenvalue weighted by Crippen LogP contribution is -2.62. The number of carbonyl (C=O) groups excluding carboxylic acids is 1. The Morgan fingerprint density at radius 3 is 2.55 bits per heavy atom. The number of hydrogen-bond donors (Lipinski definition) is 1. The molecule has 1 aromatic carbocycles. The largest absolute Gasteiger partial charge is 0.497 e. The average Bonchev–Trinajstić information content (AvgIpc) is 2.80. The first kappa shape index (κ1) is 20.3. The molecule has 5 rings (SSSR count). The van der Waals surface area contributed by atoms with Gasteiger partial charge in [0.15, 0.2) is 0 Å². The molecule has 1 amide bonds. The van der Waals surface area contributed by atoms with Gasteiger partial charge in [0.1, 0.15) is 11.3 Å². The minimum Gasteiger partial charge on any atom is -0.497 e. The number of piperidine rings is 1. The first-order chi connectivity index (χ1) is 15.1. The predicted octanol–water partition coefficient (Wildman–Crippen LogP) is 3.62. The maximum absolute atomic E-state index is 13.7. The molecule has 31 heavy (non-hydrogen) atoms. The predicted molar refractivity (Wildman–Crippen MR) is 121 cm³/mol. The van der Waals surface area contributed by atoms with Crippen LogP contribution in [0.25, 0.3) is 0 Å². The Morgan fingerprint density at radius 1 is 1.03 bits per heavy atom. The van der Waals surface area contributed by atoms with E-state index in [1.807, 2.05) is 34.9 Å². The number of methoxy groups -OCH3 is 1. The summed E-state index contributed by atoms with van der Waals surface area (Å²) >= 11 is 0. The summed E-state index contributed by atoms with van der Waals surface area (Å²) in [6.45, 7) is 2.49. The number of nitrogens with zero attached hydrogens (tertiary/aromatic N) is 2. The molecule has 6 nitrogen and oxygen atoms in total. The Morgan fingerprint density at radius 2 is 1.81 bits per heavy atom. The van der Waals surface area contributed by atoms with E-state index in [2.05, 4.69) is 16.3 Å². The molecule has 1 saturated heterocycles. The number of pyridine rings is 1. The topological polar surface area (TPSA) is 63.6 Å². The number of nitrogens with one attached hydrogen (secondary N) is 1. The molecule has 3 aliphatic rings. The number of ether oxygens (including phenoxy) is 1. The third-order valence-corrected chi connectivity index (χ3v) is 7.54. The van der Waals surface area contributed by atoms with Gasteiger partial charge in [-0.1, -0.05) is 25.3 Å². The number of aromatic nitrogens is 1. The second-order valence-electron chi connectivity index (χ2n) is 9.38. The molecule has 2 bridgehead atoms. The van der Waals surface area contributed by atoms with Crippen LogP contribution in [0.2, 0.25) is 0 Å². The van der Waals surface area contributed by atoms with Gasteiger partial charge in [-0.2, -0.15) is 0 Å². The summed E-state index contributed by atoms with van der Waals surface area (Å²) in [5.41, 5.74) is 1.58. The van der Waals surface area contributed by atoms with E-state index in [-0.39, 0.29) is 11.5 Å². The highest BCUT2D eigenvalue weighted by atomic mass is 16.5. The van der Waals surface area contributed by atoms with Crippen LogP contribution >= 0.6 is 0 Å². The summed E-state index contributed by atoms with van der Waals surface area (Å²) in [7, 11) is 1.64. The summed E-state index contributed by atoms with van der Waals surface area (Å²) in [5, 5.41) is 3.20. The van der Waals surface area contributed by atoms with Crippen LogP contribution in [-0.2, 0) is 11.3 Å². The Kier molecular flexibility index (Phi) is 5.34. The van der Waals surface area contributed by atoms with Crippen LogP contribution in [0.15, 0.2) is 47.3 Å². The summed E-state index contributed by atoms with van der Waals surface area (Å²) in [6.07, 6.45) is 6.26. The summed E-state index contributed by atoms with van der Waals surface area (Å²) in [6, 6.07) is 13.2. The lowest BCUT2D eigenvalue weighted by molar-refractivity contribution is -0.133. The minimum atomic E-state index is -0.466. The summed E-state index contributed by atoms with van der Waals surface area (Å²) in [4.78, 5) is 28.6. The van der Waals surface area contributed by atoms with Crippen LogP contribution in [0, 0.1) is 5.92 Å². The Labute approximate surface area is 183 Å². The normalized spacial score (nSPS) is 24.8. The molecule has 2 aromatic rings. The molecule has 6 heteroatoms. The van der Waals surface area contributed by atoms with E-state index in [1.54, 1.807) is 13.2 Å². The molecule has 1 aliphatic carbocycles. The minimum absolute atomic E-state index is 0.102. The Bertz CT molecular complexity index is 1010. The van der Waals surface area contributed by atoms with E-state index in [9.17, 15) is 9.59 Å². The van der Waals surface area contributed by atoms with Gasteiger partial charge in [-0.15, -0.1) is 0 Å². The molecule has 2 atom stereocenters. The standard InChI is InChI=1S/C25H31N3O3/c1-31-21-10-8-20(9-11-21)26-24(30)25(12-3-2-4-13-25)27-15-18-14-19(17-27)22-6-5-7-23(29)28(22)16-18/h5-11,18-19H,2-4,12-17H2,1H3,(H,26,30)/t18-,19-/m1/s1. The number of carbonyl (C=O) groups is 1. The number of benzene rings is 1. The zero-order chi connectivity index (χ0) is 21.4. The highest BCUT2D eigenvalue weighted by Gasteiger charge is 2.48. The van der Waals surface area contributed by atoms with E-state index in [4.69, 9.17) is 4.74 Å². The third kappa shape index (κ3) is 3.67. The molecular formula is C25H31N3O3. The number of rotatable bonds is 4. The van der Waals surface area contributed by atoms with Gasteiger partial charge in [0.05, 0.1) is 7.11 Å². The van der Waals surface area contributed by atoms with Crippen molar-refractivity contribution >= 4 is 11.6 Å². The molecule has 0 spiro atoms. The van der Waals surface area contributed by atoms with Crippen LogP contribution in [-0.4, -0.2) is 41.1 Å². The van der Waals surface area contributed by atoms with Gasteiger partial charge in [-0.05, 0) is 55.5 Å². The van der Waals surface area contributed by atoms with Gasteiger partial charge >= 0.3 is 0 Å². The van der Waals surface area contributed by atoms with Crippen molar-refractivity contribution in [2.45, 2.75) is 56.5 Å². The van der Waals surface area contributed by atoms with Gasteiger partial charge in [0, 0.05) is 43.0 Å². The fourth-order valence-corrected chi connectivity index (χ4v) is 5.99. The van der Waals surface area contributed by atoms with Crippen LogP contribution in [0.4, 0.5) is 5.69 Å². The number of amides is 1. The number of likely N-dealkylation sites (tertiary alicyclic amines) is 1. The highest BCUT2D eigenvalue weighted by molar-refractivity contribution is 5.98. The molecule has 3 heterocycles. The molecule has 1 aromatic heterocycles. The molecule has 164 valence electrons. The van der Waals surface area contributed by atoms with Crippen LogP contribution < -0.4 is 15.6 Å². The van der Waals surface area contributed by atoms with Crippen molar-refractivity contribution in [2.24, 2.45) is 5.92 Å². The van der Waals surface area contributed by atoms with Crippen molar-refractivity contribution in [1.82, 2.24) is 9.47 Å². The van der Waals surface area contributed by atoms with Crippen LogP contribution in [0.1, 0.15) is 50.1 Å². The maximum atomic E-state index is 13.7. The van der Waals surface area contributed by atoms with Crippen molar-refractivity contribution in [3.63, 3.8) is 0 Å². The molecule has 1 N–H and O–H groups in total. The monoisotopic (exact) mass is 421 g/mol. The number of fused-ring (bicyclic) bond motifs is 4. The first-order valence-corrected chi connectivity index (χ1v) is 11.5. The zero-order valence-electron chi connectivity index (χ0n) is 18.2.